The molecule has 3 fully saturated rings. The van der Waals surface area contributed by atoms with Crippen LogP contribution in [-0.4, -0.2) is 43.0 Å². The first-order valence-corrected chi connectivity index (χ1v) is 6.91. The number of piperidine rings is 1. The molecule has 0 radical (unpaired) electrons. The Morgan fingerprint density at radius 3 is 2.06 bits per heavy atom. The van der Waals surface area contributed by atoms with Gasteiger partial charge >= 0.3 is 0 Å². The average molecular weight is 244 g/mol. The molecule has 0 aromatic heterocycles. The number of hydrogen-bond donors (Lipinski definition) is 1. The largest absolute Gasteiger partial charge is 0.317 e. The van der Waals surface area contributed by atoms with Gasteiger partial charge in [-0.1, -0.05) is 0 Å². The number of likely N-dealkylation sites (tertiary alicyclic amines) is 1. The van der Waals surface area contributed by atoms with Crippen LogP contribution in [0.4, 0.5) is 8.78 Å². The number of nitrogens with one attached hydrogen (secondary N) is 1. The van der Waals surface area contributed by atoms with Crippen LogP contribution in [0.2, 0.25) is 0 Å². The molecule has 2 nitrogen and oxygen atoms in total. The fraction of sp³-hybridized carbons (Fsp3) is 1.00. The molecule has 1 spiro atoms. The fourth-order valence-corrected chi connectivity index (χ4v) is 3.84. The van der Waals surface area contributed by atoms with E-state index in [4.69, 9.17) is 0 Å². The lowest BCUT2D eigenvalue weighted by molar-refractivity contribution is -0.153. The monoisotopic (exact) mass is 244 g/mol. The summed E-state index contributed by atoms with van der Waals surface area (Å²) in [5.41, 5.74) is 0.551. The van der Waals surface area contributed by atoms with Crippen LogP contribution >= 0.6 is 0 Å². The van der Waals surface area contributed by atoms with Crippen molar-refractivity contribution in [3.63, 3.8) is 0 Å². The van der Waals surface area contributed by atoms with Gasteiger partial charge in [-0.25, -0.2) is 8.78 Å². The minimum absolute atomic E-state index is 0.00617. The van der Waals surface area contributed by atoms with E-state index in [2.05, 4.69) is 5.32 Å². The molecular formula is C13H22F2N2. The zero-order valence-electron chi connectivity index (χ0n) is 10.4. The first-order valence-electron chi connectivity index (χ1n) is 6.91. The standard InChI is InChI=1S/C13H22F2N2/c14-13(15)9-17(10-13)11-1-3-12(4-2-11)5-7-16-8-6-12/h11,16H,1-10H2. The summed E-state index contributed by atoms with van der Waals surface area (Å²) >= 11 is 0. The zero-order chi connectivity index (χ0) is 11.9. The Morgan fingerprint density at radius 2 is 1.53 bits per heavy atom. The van der Waals surface area contributed by atoms with Gasteiger partial charge in [-0.15, -0.1) is 0 Å². The molecule has 1 N–H and O–H groups in total. The fourth-order valence-electron chi connectivity index (χ4n) is 3.84. The first-order chi connectivity index (χ1) is 8.09. The molecule has 3 rings (SSSR count). The van der Waals surface area contributed by atoms with E-state index < -0.39 is 5.92 Å². The number of rotatable bonds is 1. The van der Waals surface area contributed by atoms with Gasteiger partial charge in [0.15, 0.2) is 0 Å². The zero-order valence-corrected chi connectivity index (χ0v) is 10.4. The number of halogens is 2. The van der Waals surface area contributed by atoms with Crippen molar-refractivity contribution in [1.29, 1.82) is 0 Å². The van der Waals surface area contributed by atoms with Crippen molar-refractivity contribution in [3.8, 4) is 0 Å². The van der Waals surface area contributed by atoms with E-state index in [1.54, 1.807) is 0 Å². The van der Waals surface area contributed by atoms with Gasteiger partial charge in [-0.2, -0.15) is 0 Å². The van der Waals surface area contributed by atoms with Crippen molar-refractivity contribution in [2.75, 3.05) is 26.2 Å². The maximum absolute atomic E-state index is 12.8. The third-order valence-corrected chi connectivity index (χ3v) is 5.07. The SMILES string of the molecule is FC1(F)CN(C2CCC3(CCNCC3)CC2)C1. The highest BCUT2D eigenvalue weighted by atomic mass is 19.3. The maximum Gasteiger partial charge on any atom is 0.272 e. The molecule has 0 aromatic rings. The normalized spacial score (nSPS) is 33.5. The Hall–Kier alpha value is -0.220. The van der Waals surface area contributed by atoms with E-state index in [0.29, 0.717) is 11.5 Å². The molecule has 2 heterocycles. The van der Waals surface area contributed by atoms with Crippen LogP contribution in [0.15, 0.2) is 0 Å². The van der Waals surface area contributed by atoms with Crippen molar-refractivity contribution in [2.45, 2.75) is 50.5 Å². The van der Waals surface area contributed by atoms with Crippen LogP contribution < -0.4 is 5.32 Å². The lowest BCUT2D eigenvalue weighted by Crippen LogP contribution is -2.60. The molecule has 2 aliphatic heterocycles. The van der Waals surface area contributed by atoms with Crippen molar-refractivity contribution in [2.24, 2.45) is 5.41 Å². The minimum atomic E-state index is -2.40. The van der Waals surface area contributed by atoms with E-state index in [0.717, 1.165) is 25.9 Å². The highest BCUT2D eigenvalue weighted by molar-refractivity contribution is 4.96. The summed E-state index contributed by atoms with van der Waals surface area (Å²) in [6, 6.07) is 0.440. The number of hydrogen-bond acceptors (Lipinski definition) is 2. The summed E-state index contributed by atoms with van der Waals surface area (Å²) in [7, 11) is 0. The second-order valence-electron chi connectivity index (χ2n) is 6.24. The van der Waals surface area contributed by atoms with Crippen LogP contribution in [-0.2, 0) is 0 Å². The van der Waals surface area contributed by atoms with Crippen LogP contribution in [0.25, 0.3) is 0 Å². The molecule has 1 saturated carbocycles. The highest BCUT2D eigenvalue weighted by Gasteiger charge is 2.48. The molecular weight excluding hydrogens is 222 g/mol. The Bertz CT molecular complexity index is 269. The third kappa shape index (κ3) is 2.34. The van der Waals surface area contributed by atoms with E-state index in [-0.39, 0.29) is 13.1 Å². The van der Waals surface area contributed by atoms with Gasteiger partial charge in [0.2, 0.25) is 0 Å². The molecule has 0 unspecified atom stereocenters. The van der Waals surface area contributed by atoms with Gasteiger partial charge in [-0.05, 0) is 57.0 Å². The Labute approximate surface area is 102 Å². The van der Waals surface area contributed by atoms with E-state index >= 15 is 0 Å². The average Bonchev–Trinajstić information content (AvgIpc) is 2.28. The van der Waals surface area contributed by atoms with Crippen LogP contribution in [0.5, 0.6) is 0 Å². The van der Waals surface area contributed by atoms with Crippen molar-refractivity contribution in [3.05, 3.63) is 0 Å². The lowest BCUT2D eigenvalue weighted by atomic mass is 9.67. The lowest BCUT2D eigenvalue weighted by Gasteiger charge is -2.50. The third-order valence-electron chi connectivity index (χ3n) is 5.07. The molecule has 0 aromatic carbocycles. The van der Waals surface area contributed by atoms with Crippen molar-refractivity contribution < 1.29 is 8.78 Å². The Kier molecular flexibility index (Phi) is 2.90. The maximum atomic E-state index is 12.8. The van der Waals surface area contributed by atoms with Gasteiger partial charge in [0.05, 0.1) is 13.1 Å². The molecule has 0 amide bonds. The van der Waals surface area contributed by atoms with E-state index in [1.807, 2.05) is 4.90 Å². The molecule has 98 valence electrons. The van der Waals surface area contributed by atoms with Crippen LogP contribution in [0.3, 0.4) is 0 Å². The molecule has 0 bridgehead atoms. The molecule has 3 aliphatic rings. The summed E-state index contributed by atoms with van der Waals surface area (Å²) in [4.78, 5) is 1.99. The number of alkyl halides is 2. The predicted molar refractivity (Wildman–Crippen MR) is 63.3 cm³/mol. The molecule has 2 saturated heterocycles. The first kappa shape index (κ1) is 11.8. The molecule has 17 heavy (non-hydrogen) atoms. The quantitative estimate of drug-likeness (QED) is 0.761. The summed E-state index contributed by atoms with van der Waals surface area (Å²) in [6.45, 7) is 2.30. The van der Waals surface area contributed by atoms with Gasteiger partial charge in [0.25, 0.3) is 5.92 Å². The molecule has 4 heteroatoms. The molecule has 1 aliphatic carbocycles. The summed E-state index contributed by atoms with van der Waals surface area (Å²) < 4.78 is 25.7. The Balaban J connectivity index is 1.51. The minimum Gasteiger partial charge on any atom is -0.317 e. The smallest absolute Gasteiger partial charge is 0.272 e. The van der Waals surface area contributed by atoms with Crippen LogP contribution in [0.1, 0.15) is 38.5 Å². The van der Waals surface area contributed by atoms with E-state index in [1.165, 1.54) is 25.7 Å². The van der Waals surface area contributed by atoms with Gasteiger partial charge < -0.3 is 5.32 Å². The number of nitrogens with zero attached hydrogens (tertiary/aromatic N) is 1. The summed E-state index contributed by atoms with van der Waals surface area (Å²) in [5.74, 6) is -2.40. The van der Waals surface area contributed by atoms with Crippen LogP contribution in [0, 0.1) is 5.41 Å². The van der Waals surface area contributed by atoms with Gasteiger partial charge in [0, 0.05) is 6.04 Å². The topological polar surface area (TPSA) is 15.3 Å². The van der Waals surface area contributed by atoms with Crippen molar-refractivity contribution >= 4 is 0 Å². The summed E-state index contributed by atoms with van der Waals surface area (Å²) in [5, 5.41) is 3.41. The molecule has 0 atom stereocenters. The van der Waals surface area contributed by atoms with Gasteiger partial charge in [0.1, 0.15) is 0 Å². The van der Waals surface area contributed by atoms with Gasteiger partial charge in [-0.3, -0.25) is 4.90 Å². The summed E-state index contributed by atoms with van der Waals surface area (Å²) in [6.07, 6.45) is 7.35. The highest BCUT2D eigenvalue weighted by Crippen LogP contribution is 2.45. The second-order valence-corrected chi connectivity index (χ2v) is 6.24. The predicted octanol–water partition coefficient (Wildman–Crippen LogP) is 2.25. The van der Waals surface area contributed by atoms with E-state index in [9.17, 15) is 8.78 Å². The second kappa shape index (κ2) is 4.16. The Morgan fingerprint density at radius 1 is 0.941 bits per heavy atom. The van der Waals surface area contributed by atoms with Crippen molar-refractivity contribution in [1.82, 2.24) is 10.2 Å².